The molecule has 0 bridgehead atoms. The molecule has 0 spiro atoms. The largest absolute Gasteiger partial charge is 0.416 e. The molecular weight excluding hydrogens is 626 g/mol. The number of benzene rings is 5. The van der Waals surface area contributed by atoms with Crippen molar-refractivity contribution in [3.05, 3.63) is 138 Å². The lowest BCUT2D eigenvalue weighted by molar-refractivity contribution is -0.138. The first kappa shape index (κ1) is 29.3. The smallest absolute Gasteiger partial charge is 0.307 e. The number of rotatable bonds is 3. The molecule has 8 aromatic rings. The van der Waals surface area contributed by atoms with Gasteiger partial charge >= 0.3 is 12.4 Å². The highest BCUT2D eigenvalue weighted by atomic mass is 19.4. The Balaban J connectivity index is 1.49. The van der Waals surface area contributed by atoms with E-state index in [1.54, 1.807) is 75.9 Å². The average Bonchev–Trinajstić information content (AvgIpc) is 3.59. The molecule has 0 radical (unpaired) electrons. The number of halogens is 6. The third-order valence-corrected chi connectivity index (χ3v) is 8.68. The first-order chi connectivity index (χ1) is 23.0. The lowest BCUT2D eigenvalue weighted by atomic mass is 9.99. The van der Waals surface area contributed by atoms with Crippen LogP contribution in [0.1, 0.15) is 16.7 Å². The molecule has 0 aliphatic carbocycles. The van der Waals surface area contributed by atoms with Crippen LogP contribution in [-0.4, -0.2) is 14.1 Å². The van der Waals surface area contributed by atoms with Crippen LogP contribution in [-0.2, 0) is 12.4 Å². The van der Waals surface area contributed by atoms with E-state index >= 15 is 0 Å². The number of pyridine rings is 1. The second kappa shape index (κ2) is 10.5. The Kier molecular flexibility index (Phi) is 6.40. The van der Waals surface area contributed by atoms with Gasteiger partial charge in [0.25, 0.3) is 0 Å². The summed E-state index contributed by atoms with van der Waals surface area (Å²) in [5, 5.41) is 12.7. The van der Waals surface area contributed by atoms with Crippen LogP contribution >= 0.6 is 0 Å². The summed E-state index contributed by atoms with van der Waals surface area (Å²) in [6, 6.07) is 32.2. The second-order valence-corrected chi connectivity index (χ2v) is 11.4. The van der Waals surface area contributed by atoms with E-state index in [1.165, 1.54) is 18.3 Å². The van der Waals surface area contributed by atoms with Gasteiger partial charge < -0.3 is 4.57 Å². The van der Waals surface area contributed by atoms with Crippen molar-refractivity contribution in [2.45, 2.75) is 12.4 Å². The van der Waals surface area contributed by atoms with Gasteiger partial charge in [-0.05, 0) is 48.5 Å². The minimum atomic E-state index is -4.60. The number of aromatic nitrogens is 3. The number of hydrogen-bond acceptors (Lipinski definition) is 2. The zero-order valence-electron chi connectivity index (χ0n) is 24.6. The Morgan fingerprint density at radius 3 is 1.60 bits per heavy atom. The minimum Gasteiger partial charge on any atom is -0.307 e. The fraction of sp³-hybridized carbons (Fsp3) is 0.0526. The molecule has 0 aliphatic rings. The van der Waals surface area contributed by atoms with Crippen LogP contribution in [0.4, 0.5) is 26.3 Å². The fourth-order valence-corrected chi connectivity index (χ4v) is 6.57. The van der Waals surface area contributed by atoms with Crippen molar-refractivity contribution >= 4 is 43.6 Å². The van der Waals surface area contributed by atoms with Crippen molar-refractivity contribution in [2.75, 3.05) is 0 Å². The Bertz CT molecular complexity index is 2620. The highest BCUT2D eigenvalue weighted by Gasteiger charge is 2.33. The maximum Gasteiger partial charge on any atom is 0.416 e. The zero-order chi connectivity index (χ0) is 33.4. The van der Waals surface area contributed by atoms with Gasteiger partial charge in [0, 0.05) is 32.7 Å². The summed E-state index contributed by atoms with van der Waals surface area (Å²) in [5.74, 6) is 0.267. The van der Waals surface area contributed by atoms with Crippen LogP contribution < -0.4 is 0 Å². The fourth-order valence-electron chi connectivity index (χ4n) is 6.57. The van der Waals surface area contributed by atoms with Crippen molar-refractivity contribution in [3.8, 4) is 28.7 Å². The molecule has 0 amide bonds. The van der Waals surface area contributed by atoms with E-state index in [-0.39, 0.29) is 16.9 Å². The number of hydrogen-bond donors (Lipinski definition) is 0. The first-order valence-corrected chi connectivity index (χ1v) is 14.8. The number of alkyl halides is 6. The van der Waals surface area contributed by atoms with Gasteiger partial charge in [-0.25, -0.2) is 4.98 Å². The molecule has 4 nitrogen and oxygen atoms in total. The molecule has 8 rings (SSSR count). The maximum atomic E-state index is 14.0. The molecule has 0 saturated carbocycles. The van der Waals surface area contributed by atoms with Gasteiger partial charge in [-0.3, -0.25) is 4.57 Å². The topological polar surface area (TPSA) is 46.5 Å². The molecule has 10 heteroatoms. The Hall–Kier alpha value is -6.08. The number of nitrogens with zero attached hydrogens (tertiary/aromatic N) is 4. The molecule has 0 N–H and O–H groups in total. The Morgan fingerprint density at radius 2 is 1.02 bits per heavy atom. The van der Waals surface area contributed by atoms with Crippen molar-refractivity contribution in [2.24, 2.45) is 0 Å². The van der Waals surface area contributed by atoms with E-state index in [0.717, 1.165) is 24.3 Å². The molecule has 0 atom stereocenters. The van der Waals surface area contributed by atoms with Gasteiger partial charge in [-0.1, -0.05) is 66.7 Å². The molecule has 5 aromatic carbocycles. The molecule has 0 fully saturated rings. The lowest BCUT2D eigenvalue weighted by Gasteiger charge is -2.17. The normalized spacial score (nSPS) is 12.4. The van der Waals surface area contributed by atoms with E-state index in [2.05, 4.69) is 6.07 Å². The number of fused-ring (bicyclic) bond motifs is 6. The van der Waals surface area contributed by atoms with Gasteiger partial charge in [0.15, 0.2) is 0 Å². The lowest BCUT2D eigenvalue weighted by Crippen LogP contribution is -2.07. The van der Waals surface area contributed by atoms with Crippen molar-refractivity contribution in [3.63, 3.8) is 0 Å². The standard InChI is InChI=1S/C38H20F6N4/c39-37(40,41)23-13-15-28-26-9-3-5-11-31(26)47(33(28)17-23)35-21-46-36(19-30(35)25-8-2-1-7-22(25)20-45)48-32-12-6-4-10-27(32)29-16-14-24(18-34(29)48)38(42,43)44/h1-19,21H. The van der Waals surface area contributed by atoms with Gasteiger partial charge in [0.1, 0.15) is 5.82 Å². The monoisotopic (exact) mass is 646 g/mol. The van der Waals surface area contributed by atoms with Crippen LogP contribution in [0.3, 0.4) is 0 Å². The van der Waals surface area contributed by atoms with Crippen LogP contribution in [0.5, 0.6) is 0 Å². The average molecular weight is 647 g/mol. The molecule has 0 unspecified atom stereocenters. The predicted octanol–water partition coefficient (Wildman–Crippen LogP) is 10.9. The minimum absolute atomic E-state index is 0.267. The summed E-state index contributed by atoms with van der Waals surface area (Å²) >= 11 is 0. The zero-order valence-corrected chi connectivity index (χ0v) is 24.6. The molecule has 234 valence electrons. The van der Waals surface area contributed by atoms with E-state index < -0.39 is 23.5 Å². The van der Waals surface area contributed by atoms with Gasteiger partial charge in [0.05, 0.1) is 56.7 Å². The highest BCUT2D eigenvalue weighted by molar-refractivity contribution is 6.11. The molecular formula is C38H20F6N4. The van der Waals surface area contributed by atoms with Crippen LogP contribution in [0.15, 0.2) is 121 Å². The van der Waals surface area contributed by atoms with Crippen LogP contribution in [0, 0.1) is 11.3 Å². The maximum absolute atomic E-state index is 14.0. The first-order valence-electron chi connectivity index (χ1n) is 14.8. The summed E-state index contributed by atoms with van der Waals surface area (Å²) in [4.78, 5) is 4.75. The van der Waals surface area contributed by atoms with Crippen molar-refractivity contribution in [1.82, 2.24) is 14.1 Å². The number of para-hydroxylation sites is 2. The van der Waals surface area contributed by atoms with E-state index in [0.29, 0.717) is 55.0 Å². The summed E-state index contributed by atoms with van der Waals surface area (Å²) in [5.41, 5.74) is 1.76. The van der Waals surface area contributed by atoms with E-state index in [4.69, 9.17) is 4.98 Å². The molecule has 3 aromatic heterocycles. The van der Waals surface area contributed by atoms with Crippen LogP contribution in [0.2, 0.25) is 0 Å². The SMILES string of the molecule is N#Cc1ccccc1-c1cc(-n2c3ccccc3c3ccc(C(F)(F)F)cc32)ncc1-n1c2ccccc2c2ccc(C(F)(F)F)cc21. The van der Waals surface area contributed by atoms with Gasteiger partial charge in [-0.15, -0.1) is 0 Å². The van der Waals surface area contributed by atoms with Gasteiger partial charge in [-0.2, -0.15) is 31.6 Å². The van der Waals surface area contributed by atoms with Crippen LogP contribution in [0.25, 0.3) is 66.2 Å². The Labute approximate surface area is 268 Å². The molecule has 0 saturated heterocycles. The third kappa shape index (κ3) is 4.50. The quantitative estimate of drug-likeness (QED) is 0.179. The predicted molar refractivity (Wildman–Crippen MR) is 173 cm³/mol. The molecule has 0 aliphatic heterocycles. The van der Waals surface area contributed by atoms with E-state index in [1.807, 2.05) is 12.1 Å². The second-order valence-electron chi connectivity index (χ2n) is 11.4. The summed E-state index contributed by atoms with van der Waals surface area (Å²) in [6.07, 6.45) is -7.69. The molecule has 3 heterocycles. The summed E-state index contributed by atoms with van der Waals surface area (Å²) in [6.45, 7) is 0. The highest BCUT2D eigenvalue weighted by Crippen LogP contribution is 2.42. The summed E-state index contributed by atoms with van der Waals surface area (Å²) < 4.78 is 87.0. The molecule has 48 heavy (non-hydrogen) atoms. The van der Waals surface area contributed by atoms with Gasteiger partial charge in [0.2, 0.25) is 0 Å². The third-order valence-electron chi connectivity index (χ3n) is 8.68. The Morgan fingerprint density at radius 1 is 0.521 bits per heavy atom. The summed E-state index contributed by atoms with van der Waals surface area (Å²) in [7, 11) is 0. The van der Waals surface area contributed by atoms with E-state index in [9.17, 15) is 31.6 Å². The van der Waals surface area contributed by atoms with Crippen molar-refractivity contribution < 1.29 is 26.3 Å². The number of nitriles is 1. The van der Waals surface area contributed by atoms with Crippen molar-refractivity contribution in [1.29, 1.82) is 5.26 Å².